The lowest BCUT2D eigenvalue weighted by Gasteiger charge is -2.30. The number of rotatable bonds is 7. The highest BCUT2D eigenvalue weighted by atomic mass is 19.1. The molecule has 0 aliphatic rings. The number of nitrogens with zero attached hydrogens (tertiary/aromatic N) is 3. The smallest absolute Gasteiger partial charge is 0.138 e. The molecule has 1 aromatic carbocycles. The molecular weight excluding hydrogens is 273 g/mol. The van der Waals surface area contributed by atoms with Gasteiger partial charge in [0.2, 0.25) is 0 Å². The van der Waals surface area contributed by atoms with E-state index in [-0.39, 0.29) is 13.2 Å². The Bertz CT molecular complexity index is 582. The van der Waals surface area contributed by atoms with Gasteiger partial charge in [0.15, 0.2) is 0 Å². The van der Waals surface area contributed by atoms with Crippen LogP contribution in [0.3, 0.4) is 0 Å². The molecule has 2 N–H and O–H groups in total. The average molecular weight is 293 g/mol. The number of hydrogen-bond acceptors (Lipinski definition) is 4. The number of aromatic nitrogens is 3. The maximum absolute atomic E-state index is 13.5. The Morgan fingerprint density at radius 2 is 2.05 bits per heavy atom. The van der Waals surface area contributed by atoms with Crippen LogP contribution in [0, 0.1) is 5.82 Å². The van der Waals surface area contributed by atoms with E-state index >= 15 is 0 Å². The van der Waals surface area contributed by atoms with Crippen molar-refractivity contribution in [2.24, 2.45) is 0 Å². The fourth-order valence-electron chi connectivity index (χ4n) is 2.39. The van der Waals surface area contributed by atoms with Crippen molar-refractivity contribution >= 4 is 0 Å². The first kappa shape index (κ1) is 15.6. The van der Waals surface area contributed by atoms with Crippen LogP contribution in [0.25, 0.3) is 0 Å². The van der Waals surface area contributed by atoms with Gasteiger partial charge in [-0.1, -0.05) is 19.1 Å². The van der Waals surface area contributed by atoms with E-state index < -0.39 is 11.2 Å². The van der Waals surface area contributed by atoms with Gasteiger partial charge in [0.05, 0.1) is 13.2 Å². The monoisotopic (exact) mass is 293 g/mol. The Morgan fingerprint density at radius 1 is 1.29 bits per heavy atom. The normalized spacial score (nSPS) is 11.8. The summed E-state index contributed by atoms with van der Waals surface area (Å²) >= 11 is 0. The summed E-state index contributed by atoms with van der Waals surface area (Å²) in [6.07, 6.45) is 2.65. The van der Waals surface area contributed by atoms with Gasteiger partial charge in [-0.3, -0.25) is 4.68 Å². The molecule has 0 atom stereocenters. The maximum Gasteiger partial charge on any atom is 0.138 e. The summed E-state index contributed by atoms with van der Waals surface area (Å²) in [5.41, 5.74) is -0.417. The van der Waals surface area contributed by atoms with Crippen LogP contribution in [0.2, 0.25) is 0 Å². The van der Waals surface area contributed by atoms with Crippen molar-refractivity contribution in [3.05, 3.63) is 47.8 Å². The highest BCUT2D eigenvalue weighted by Gasteiger charge is 2.33. The molecule has 0 radical (unpaired) electrons. The molecule has 1 heterocycles. The molecule has 6 heteroatoms. The van der Waals surface area contributed by atoms with Gasteiger partial charge in [0.1, 0.15) is 18.0 Å². The molecule has 21 heavy (non-hydrogen) atoms. The molecule has 0 amide bonds. The van der Waals surface area contributed by atoms with Crippen molar-refractivity contribution < 1.29 is 14.6 Å². The summed E-state index contributed by atoms with van der Waals surface area (Å²) < 4.78 is 15.2. The minimum absolute atomic E-state index is 0.295. The Kier molecular flexibility index (Phi) is 5.03. The van der Waals surface area contributed by atoms with Crippen molar-refractivity contribution in [2.75, 3.05) is 13.2 Å². The van der Waals surface area contributed by atoms with E-state index in [1.807, 2.05) is 6.92 Å². The molecule has 2 rings (SSSR count). The molecule has 5 nitrogen and oxygen atoms in total. The molecule has 0 saturated heterocycles. The number of aliphatic hydroxyl groups is 2. The molecule has 114 valence electrons. The first-order chi connectivity index (χ1) is 10.1. The second-order valence-corrected chi connectivity index (χ2v) is 5.18. The van der Waals surface area contributed by atoms with E-state index in [1.54, 1.807) is 16.8 Å². The second-order valence-electron chi connectivity index (χ2n) is 5.18. The van der Waals surface area contributed by atoms with E-state index in [2.05, 4.69) is 10.1 Å². The van der Waals surface area contributed by atoms with Crippen LogP contribution >= 0.6 is 0 Å². The molecule has 0 saturated carbocycles. The van der Waals surface area contributed by atoms with Crippen LogP contribution in [-0.4, -0.2) is 38.2 Å². The lowest BCUT2D eigenvalue weighted by molar-refractivity contribution is 0.113. The van der Waals surface area contributed by atoms with E-state index in [1.165, 1.54) is 18.5 Å². The molecule has 0 spiro atoms. The Morgan fingerprint density at radius 3 is 2.67 bits per heavy atom. The Labute approximate surface area is 123 Å². The second kappa shape index (κ2) is 6.78. The SMILES string of the molecule is CCCn1ncnc1CC(CO)(CO)c1cccc(F)c1. The molecule has 2 aromatic rings. The van der Waals surface area contributed by atoms with Gasteiger partial charge >= 0.3 is 0 Å². The molecule has 1 aromatic heterocycles. The van der Waals surface area contributed by atoms with Gasteiger partial charge in [-0.15, -0.1) is 0 Å². The van der Waals surface area contributed by atoms with Gasteiger partial charge in [-0.25, -0.2) is 9.37 Å². The van der Waals surface area contributed by atoms with Gasteiger partial charge in [0.25, 0.3) is 0 Å². The number of benzene rings is 1. The summed E-state index contributed by atoms with van der Waals surface area (Å²) in [5, 5.41) is 23.7. The third kappa shape index (κ3) is 3.28. The summed E-state index contributed by atoms with van der Waals surface area (Å²) in [4.78, 5) is 4.20. The van der Waals surface area contributed by atoms with Gasteiger partial charge in [-0.05, 0) is 24.1 Å². The lowest BCUT2D eigenvalue weighted by atomic mass is 9.78. The summed E-state index contributed by atoms with van der Waals surface area (Å²) in [6.45, 7) is 2.15. The fraction of sp³-hybridized carbons (Fsp3) is 0.467. The topological polar surface area (TPSA) is 71.2 Å². The van der Waals surface area contributed by atoms with Crippen LogP contribution < -0.4 is 0 Å². The van der Waals surface area contributed by atoms with Crippen molar-refractivity contribution in [1.29, 1.82) is 0 Å². The van der Waals surface area contributed by atoms with E-state index in [9.17, 15) is 14.6 Å². The van der Waals surface area contributed by atoms with Crippen molar-refractivity contribution in [3.63, 3.8) is 0 Å². The zero-order valence-electron chi connectivity index (χ0n) is 12.0. The highest BCUT2D eigenvalue weighted by molar-refractivity contribution is 5.28. The molecular formula is C15H20FN3O2. The summed E-state index contributed by atoms with van der Waals surface area (Å²) in [6, 6.07) is 5.95. The molecule has 0 aliphatic heterocycles. The van der Waals surface area contributed by atoms with Gasteiger partial charge < -0.3 is 10.2 Å². The lowest BCUT2D eigenvalue weighted by Crippen LogP contribution is -2.38. The third-order valence-corrected chi connectivity index (χ3v) is 3.67. The van der Waals surface area contributed by atoms with Crippen LogP contribution in [0.15, 0.2) is 30.6 Å². The summed E-state index contributed by atoms with van der Waals surface area (Å²) in [7, 11) is 0. The van der Waals surface area contributed by atoms with Crippen molar-refractivity contribution in [1.82, 2.24) is 14.8 Å². The van der Waals surface area contributed by atoms with E-state index in [4.69, 9.17) is 0 Å². The number of halogens is 1. The highest BCUT2D eigenvalue weighted by Crippen LogP contribution is 2.28. The molecule has 0 unspecified atom stereocenters. The standard InChI is InChI=1S/C15H20FN3O2/c1-2-6-19-14(17-11-18-19)8-15(9-20,10-21)12-4-3-5-13(16)7-12/h3-5,7,11,20-21H,2,6,8-10H2,1H3. The predicted molar refractivity (Wildman–Crippen MR) is 76.3 cm³/mol. The van der Waals surface area contributed by atoms with E-state index in [0.717, 1.165) is 6.42 Å². The van der Waals surface area contributed by atoms with Crippen LogP contribution in [0.1, 0.15) is 24.7 Å². The number of hydrogen-bond donors (Lipinski definition) is 2. The summed E-state index contributed by atoms with van der Waals surface area (Å²) in [5.74, 6) is 0.276. The quantitative estimate of drug-likeness (QED) is 0.807. The average Bonchev–Trinajstić information content (AvgIpc) is 2.92. The largest absolute Gasteiger partial charge is 0.395 e. The first-order valence-corrected chi connectivity index (χ1v) is 6.99. The molecule has 0 fully saturated rings. The van der Waals surface area contributed by atoms with Crippen LogP contribution in [-0.2, 0) is 18.4 Å². The van der Waals surface area contributed by atoms with Gasteiger partial charge in [0, 0.05) is 18.4 Å². The minimum Gasteiger partial charge on any atom is -0.395 e. The predicted octanol–water partition coefficient (Wildman–Crippen LogP) is 1.29. The first-order valence-electron chi connectivity index (χ1n) is 6.99. The van der Waals surface area contributed by atoms with Crippen LogP contribution in [0.5, 0.6) is 0 Å². The molecule has 0 aliphatic carbocycles. The minimum atomic E-state index is -0.972. The zero-order valence-corrected chi connectivity index (χ0v) is 12.0. The Balaban J connectivity index is 2.36. The number of aliphatic hydroxyl groups excluding tert-OH is 2. The maximum atomic E-state index is 13.5. The molecule has 0 bridgehead atoms. The Hall–Kier alpha value is -1.79. The van der Waals surface area contributed by atoms with Gasteiger partial charge in [-0.2, -0.15) is 5.10 Å². The van der Waals surface area contributed by atoms with Crippen molar-refractivity contribution in [3.8, 4) is 0 Å². The zero-order chi connectivity index (χ0) is 15.3. The third-order valence-electron chi connectivity index (χ3n) is 3.67. The van der Waals surface area contributed by atoms with E-state index in [0.29, 0.717) is 24.4 Å². The number of aryl methyl sites for hydroxylation is 1. The fourth-order valence-corrected chi connectivity index (χ4v) is 2.39. The van der Waals surface area contributed by atoms with Crippen molar-refractivity contribution in [2.45, 2.75) is 31.7 Å². The van der Waals surface area contributed by atoms with Crippen LogP contribution in [0.4, 0.5) is 4.39 Å².